The predicted octanol–water partition coefficient (Wildman–Crippen LogP) is 3.71. The van der Waals surface area contributed by atoms with Crippen molar-refractivity contribution in [3.05, 3.63) is 58.1 Å². The first kappa shape index (κ1) is 27.8. The molecule has 34 heavy (non-hydrogen) atoms. The van der Waals surface area contributed by atoms with Crippen LogP contribution >= 0.6 is 23.2 Å². The number of carbonyl (C=O) groups is 2. The Balaban J connectivity index is 2.45. The maximum Gasteiger partial charge on any atom is 0.244 e. The number of amides is 2. The molecule has 1 atom stereocenters. The molecule has 0 bridgehead atoms. The van der Waals surface area contributed by atoms with Crippen molar-refractivity contribution in [1.82, 2.24) is 10.2 Å². The van der Waals surface area contributed by atoms with E-state index in [1.165, 1.54) is 11.9 Å². The Hall–Kier alpha value is -2.49. The molecule has 2 rings (SSSR count). The molecule has 8 nitrogen and oxygen atoms in total. The molecule has 2 amide bonds. The zero-order valence-electron chi connectivity index (χ0n) is 19.5. The average Bonchev–Trinajstić information content (AvgIpc) is 2.79. The SMILES string of the molecule is CCOc1ccc(N(CC(=O)N(Cc2c(Cl)cccc2Cl)C(CC)C(=O)NC)S(C)(=O)=O)cc1. The second kappa shape index (κ2) is 12.3. The van der Waals surface area contributed by atoms with Crippen LogP contribution in [0.4, 0.5) is 5.69 Å². The molecule has 1 unspecified atom stereocenters. The van der Waals surface area contributed by atoms with E-state index in [1.54, 1.807) is 49.4 Å². The van der Waals surface area contributed by atoms with Gasteiger partial charge in [-0.1, -0.05) is 36.2 Å². The summed E-state index contributed by atoms with van der Waals surface area (Å²) in [4.78, 5) is 27.4. The Labute approximate surface area is 210 Å². The molecule has 0 radical (unpaired) electrons. The fourth-order valence-electron chi connectivity index (χ4n) is 3.43. The third kappa shape index (κ3) is 7.01. The topological polar surface area (TPSA) is 96.0 Å². The number of hydrogen-bond donors (Lipinski definition) is 1. The molecule has 11 heteroatoms. The molecule has 0 aliphatic rings. The van der Waals surface area contributed by atoms with Crippen LogP contribution in [0.2, 0.25) is 10.0 Å². The summed E-state index contributed by atoms with van der Waals surface area (Å²) in [6.45, 7) is 3.48. The number of likely N-dealkylation sites (N-methyl/N-ethyl adjacent to an activating group) is 1. The standard InChI is InChI=1S/C23H29Cl2N3O5S/c1-5-21(23(30)26-3)27(14-18-19(24)8-7-9-20(18)25)22(29)15-28(34(4,31)32)16-10-12-17(13-11-16)33-6-2/h7-13,21H,5-6,14-15H2,1-4H3,(H,26,30). The highest BCUT2D eigenvalue weighted by Gasteiger charge is 2.32. The van der Waals surface area contributed by atoms with Crippen LogP contribution in [-0.2, 0) is 26.2 Å². The summed E-state index contributed by atoms with van der Waals surface area (Å²) in [5, 5.41) is 3.23. The fraction of sp³-hybridized carbons (Fsp3) is 0.391. The van der Waals surface area contributed by atoms with Gasteiger partial charge in [0, 0.05) is 29.2 Å². The van der Waals surface area contributed by atoms with Crippen molar-refractivity contribution in [3.63, 3.8) is 0 Å². The maximum atomic E-state index is 13.5. The molecule has 0 fully saturated rings. The van der Waals surface area contributed by atoms with Crippen molar-refractivity contribution in [2.45, 2.75) is 32.9 Å². The van der Waals surface area contributed by atoms with Gasteiger partial charge in [-0.15, -0.1) is 0 Å². The molecule has 186 valence electrons. The molecule has 2 aromatic rings. The number of hydrogen-bond acceptors (Lipinski definition) is 5. The highest BCUT2D eigenvalue weighted by molar-refractivity contribution is 7.92. The molecule has 0 spiro atoms. The van der Waals surface area contributed by atoms with Gasteiger partial charge in [-0.2, -0.15) is 0 Å². The van der Waals surface area contributed by atoms with Gasteiger partial charge in [0.1, 0.15) is 18.3 Å². The first-order valence-corrected chi connectivity index (χ1v) is 13.3. The molecule has 0 heterocycles. The molecule has 0 saturated carbocycles. The Kier molecular flexibility index (Phi) is 10.0. The van der Waals surface area contributed by atoms with E-state index in [-0.39, 0.29) is 12.5 Å². The minimum atomic E-state index is -3.83. The summed E-state index contributed by atoms with van der Waals surface area (Å²) in [5.74, 6) is -0.386. The summed E-state index contributed by atoms with van der Waals surface area (Å²) in [6.07, 6.45) is 1.32. The number of anilines is 1. The largest absolute Gasteiger partial charge is 0.494 e. The van der Waals surface area contributed by atoms with Gasteiger partial charge in [-0.3, -0.25) is 13.9 Å². The lowest BCUT2D eigenvalue weighted by Crippen LogP contribution is -2.51. The number of benzene rings is 2. The Morgan fingerprint density at radius 2 is 1.65 bits per heavy atom. The Morgan fingerprint density at radius 1 is 1.06 bits per heavy atom. The number of nitrogens with zero attached hydrogens (tertiary/aromatic N) is 2. The second-order valence-electron chi connectivity index (χ2n) is 7.46. The van der Waals surface area contributed by atoms with Crippen molar-refractivity contribution in [3.8, 4) is 5.75 Å². The van der Waals surface area contributed by atoms with E-state index < -0.39 is 28.5 Å². The van der Waals surface area contributed by atoms with Crippen molar-refractivity contribution in [1.29, 1.82) is 0 Å². The van der Waals surface area contributed by atoms with E-state index in [4.69, 9.17) is 27.9 Å². The van der Waals surface area contributed by atoms with Gasteiger partial charge >= 0.3 is 0 Å². The van der Waals surface area contributed by atoms with E-state index >= 15 is 0 Å². The monoisotopic (exact) mass is 529 g/mol. The van der Waals surface area contributed by atoms with E-state index in [0.29, 0.717) is 40.1 Å². The Morgan fingerprint density at radius 3 is 2.12 bits per heavy atom. The smallest absolute Gasteiger partial charge is 0.244 e. The van der Waals surface area contributed by atoms with Crippen molar-refractivity contribution >= 4 is 50.7 Å². The highest BCUT2D eigenvalue weighted by atomic mass is 35.5. The first-order chi connectivity index (χ1) is 16.0. The number of sulfonamides is 1. The van der Waals surface area contributed by atoms with Gasteiger partial charge in [-0.05, 0) is 49.7 Å². The quantitative estimate of drug-likeness (QED) is 0.478. The van der Waals surface area contributed by atoms with Crippen LogP contribution in [0.5, 0.6) is 5.75 Å². The van der Waals surface area contributed by atoms with E-state index in [2.05, 4.69) is 5.32 Å². The lowest BCUT2D eigenvalue weighted by Gasteiger charge is -2.33. The third-order valence-electron chi connectivity index (χ3n) is 5.14. The molecule has 0 aliphatic heterocycles. The lowest BCUT2D eigenvalue weighted by molar-refractivity contribution is -0.140. The van der Waals surface area contributed by atoms with Crippen LogP contribution in [-0.4, -0.2) is 57.6 Å². The minimum absolute atomic E-state index is 0.0653. The fourth-order valence-corrected chi connectivity index (χ4v) is 4.80. The van der Waals surface area contributed by atoms with Crippen LogP contribution in [0.15, 0.2) is 42.5 Å². The van der Waals surface area contributed by atoms with Crippen LogP contribution in [0.25, 0.3) is 0 Å². The zero-order chi connectivity index (χ0) is 25.5. The van der Waals surface area contributed by atoms with Crippen molar-refractivity contribution in [2.24, 2.45) is 0 Å². The molecule has 0 aliphatic carbocycles. The zero-order valence-corrected chi connectivity index (χ0v) is 21.9. The van der Waals surface area contributed by atoms with E-state index in [1.807, 2.05) is 6.92 Å². The molecule has 0 aromatic heterocycles. The summed E-state index contributed by atoms with van der Waals surface area (Å²) in [6, 6.07) is 10.5. The molecular weight excluding hydrogens is 501 g/mol. The van der Waals surface area contributed by atoms with Crippen molar-refractivity contribution in [2.75, 3.05) is 30.8 Å². The molecule has 0 saturated heterocycles. The van der Waals surface area contributed by atoms with Crippen LogP contribution < -0.4 is 14.4 Å². The summed E-state index contributed by atoms with van der Waals surface area (Å²) < 4.78 is 31.6. The van der Waals surface area contributed by atoms with Crippen LogP contribution in [0.3, 0.4) is 0 Å². The third-order valence-corrected chi connectivity index (χ3v) is 6.99. The molecule has 1 N–H and O–H groups in total. The maximum absolute atomic E-state index is 13.5. The predicted molar refractivity (Wildman–Crippen MR) is 135 cm³/mol. The summed E-state index contributed by atoms with van der Waals surface area (Å²) >= 11 is 12.6. The van der Waals surface area contributed by atoms with Gasteiger partial charge in [0.25, 0.3) is 0 Å². The van der Waals surface area contributed by atoms with Crippen molar-refractivity contribution < 1.29 is 22.7 Å². The van der Waals surface area contributed by atoms with Gasteiger partial charge in [0.2, 0.25) is 21.8 Å². The number of carbonyl (C=O) groups excluding carboxylic acids is 2. The van der Waals surface area contributed by atoms with Crippen LogP contribution in [0, 0.1) is 0 Å². The average molecular weight is 530 g/mol. The number of halogens is 2. The van der Waals surface area contributed by atoms with Crippen LogP contribution in [0.1, 0.15) is 25.8 Å². The van der Waals surface area contributed by atoms with Gasteiger partial charge in [-0.25, -0.2) is 8.42 Å². The minimum Gasteiger partial charge on any atom is -0.494 e. The lowest BCUT2D eigenvalue weighted by atomic mass is 10.1. The number of ether oxygens (including phenoxy) is 1. The van der Waals surface area contributed by atoms with Gasteiger partial charge in [0.15, 0.2) is 0 Å². The van der Waals surface area contributed by atoms with E-state index in [9.17, 15) is 18.0 Å². The number of nitrogens with one attached hydrogen (secondary N) is 1. The molecule has 2 aromatic carbocycles. The molecular formula is C23H29Cl2N3O5S. The first-order valence-electron chi connectivity index (χ1n) is 10.7. The summed E-state index contributed by atoms with van der Waals surface area (Å²) in [7, 11) is -2.36. The highest BCUT2D eigenvalue weighted by Crippen LogP contribution is 2.28. The normalized spacial score (nSPS) is 12.1. The van der Waals surface area contributed by atoms with Gasteiger partial charge < -0.3 is 15.0 Å². The number of rotatable bonds is 11. The Bertz CT molecular complexity index is 1090. The van der Waals surface area contributed by atoms with Gasteiger partial charge in [0.05, 0.1) is 18.6 Å². The van der Waals surface area contributed by atoms with E-state index in [0.717, 1.165) is 10.6 Å². The summed E-state index contributed by atoms with van der Waals surface area (Å²) in [5.41, 5.74) is 0.761. The second-order valence-corrected chi connectivity index (χ2v) is 10.2.